The Morgan fingerprint density at radius 3 is 2.47 bits per heavy atom. The average molecular weight is 244 g/mol. The molecule has 0 amide bonds. The first kappa shape index (κ1) is 12.4. The van der Waals surface area contributed by atoms with Crippen LogP contribution in [-0.2, 0) is 12.6 Å². The van der Waals surface area contributed by atoms with Crippen LogP contribution < -0.4 is 0 Å². The van der Waals surface area contributed by atoms with Crippen LogP contribution in [0.25, 0.3) is 0 Å². The number of hydrogen-bond donors (Lipinski definition) is 1. The van der Waals surface area contributed by atoms with Crippen LogP contribution in [0.4, 0.5) is 13.2 Å². The monoisotopic (exact) mass is 244 g/mol. The highest BCUT2D eigenvalue weighted by molar-refractivity contribution is 5.26. The lowest BCUT2D eigenvalue weighted by Gasteiger charge is -2.36. The fourth-order valence-corrected chi connectivity index (χ4v) is 2.12. The Balaban J connectivity index is 2.01. The van der Waals surface area contributed by atoms with Gasteiger partial charge in [-0.15, -0.1) is 0 Å². The molecule has 0 unspecified atom stereocenters. The van der Waals surface area contributed by atoms with Crippen LogP contribution in [0, 0.1) is 0 Å². The zero-order valence-corrected chi connectivity index (χ0v) is 9.43. The van der Waals surface area contributed by atoms with E-state index in [2.05, 4.69) is 0 Å². The van der Waals surface area contributed by atoms with Gasteiger partial charge in [0.15, 0.2) is 0 Å². The van der Waals surface area contributed by atoms with E-state index in [0.717, 1.165) is 25.3 Å². The molecule has 1 saturated carbocycles. The molecule has 1 aliphatic rings. The van der Waals surface area contributed by atoms with Crippen LogP contribution in [0.5, 0.6) is 0 Å². The molecule has 1 fully saturated rings. The van der Waals surface area contributed by atoms with Crippen LogP contribution >= 0.6 is 0 Å². The standard InChI is InChI=1S/C13H15F3O/c14-13(15,16)11-4-1-3-10(9-11)5-8-12(17)6-2-7-12/h1,3-4,9,17H,2,5-8H2. The van der Waals surface area contributed by atoms with Crippen LogP contribution in [0.3, 0.4) is 0 Å². The van der Waals surface area contributed by atoms with Gasteiger partial charge in [0, 0.05) is 0 Å². The number of aryl methyl sites for hydroxylation is 1. The molecule has 0 aliphatic heterocycles. The Bertz CT molecular complexity index is 394. The van der Waals surface area contributed by atoms with Gasteiger partial charge in [0.25, 0.3) is 0 Å². The summed E-state index contributed by atoms with van der Waals surface area (Å²) in [7, 11) is 0. The summed E-state index contributed by atoms with van der Waals surface area (Å²) in [4.78, 5) is 0. The lowest BCUT2D eigenvalue weighted by Crippen LogP contribution is -2.37. The predicted molar refractivity (Wildman–Crippen MR) is 58.6 cm³/mol. The van der Waals surface area contributed by atoms with Crippen molar-refractivity contribution in [2.45, 2.75) is 43.9 Å². The van der Waals surface area contributed by atoms with Crippen molar-refractivity contribution < 1.29 is 18.3 Å². The van der Waals surface area contributed by atoms with Gasteiger partial charge in [-0.2, -0.15) is 13.2 Å². The summed E-state index contributed by atoms with van der Waals surface area (Å²) in [6.45, 7) is 0. The number of alkyl halides is 3. The molecule has 0 aromatic heterocycles. The van der Waals surface area contributed by atoms with Crippen LogP contribution in [-0.4, -0.2) is 10.7 Å². The van der Waals surface area contributed by atoms with Gasteiger partial charge >= 0.3 is 6.18 Å². The third-order valence-electron chi connectivity index (χ3n) is 3.42. The Kier molecular flexibility index (Phi) is 3.17. The van der Waals surface area contributed by atoms with Gasteiger partial charge in [-0.05, 0) is 43.7 Å². The molecular weight excluding hydrogens is 229 g/mol. The second kappa shape index (κ2) is 4.33. The first-order valence-corrected chi connectivity index (χ1v) is 5.78. The normalized spacial score (nSPS) is 18.8. The molecular formula is C13H15F3O. The van der Waals surface area contributed by atoms with Crippen molar-refractivity contribution in [3.05, 3.63) is 35.4 Å². The fourth-order valence-electron chi connectivity index (χ4n) is 2.12. The van der Waals surface area contributed by atoms with Crippen molar-refractivity contribution in [2.75, 3.05) is 0 Å². The third kappa shape index (κ3) is 3.00. The molecule has 1 aromatic rings. The number of benzene rings is 1. The average Bonchev–Trinajstić information content (AvgIpc) is 2.23. The molecule has 94 valence electrons. The first-order valence-electron chi connectivity index (χ1n) is 5.78. The highest BCUT2D eigenvalue weighted by Gasteiger charge is 2.34. The van der Waals surface area contributed by atoms with Gasteiger partial charge in [-0.3, -0.25) is 0 Å². The number of halogens is 3. The Morgan fingerprint density at radius 1 is 1.24 bits per heavy atom. The number of hydrogen-bond acceptors (Lipinski definition) is 1. The Hall–Kier alpha value is -1.03. The third-order valence-corrected chi connectivity index (χ3v) is 3.42. The molecule has 1 N–H and O–H groups in total. The summed E-state index contributed by atoms with van der Waals surface area (Å²) in [6, 6.07) is 5.34. The molecule has 4 heteroatoms. The second-order valence-corrected chi connectivity index (χ2v) is 4.78. The lowest BCUT2D eigenvalue weighted by molar-refractivity contribution is -0.137. The molecule has 1 nitrogen and oxygen atoms in total. The Morgan fingerprint density at radius 2 is 1.94 bits per heavy atom. The molecule has 0 saturated heterocycles. The zero-order chi connectivity index (χ0) is 12.5. The van der Waals surface area contributed by atoms with E-state index in [1.54, 1.807) is 6.07 Å². The van der Waals surface area contributed by atoms with Crippen molar-refractivity contribution >= 4 is 0 Å². The molecule has 0 bridgehead atoms. The summed E-state index contributed by atoms with van der Waals surface area (Å²) in [6.07, 6.45) is -0.685. The maximum absolute atomic E-state index is 12.5. The van der Waals surface area contributed by atoms with Gasteiger partial charge in [-0.1, -0.05) is 18.2 Å². The zero-order valence-electron chi connectivity index (χ0n) is 9.43. The van der Waals surface area contributed by atoms with Crippen molar-refractivity contribution in [1.29, 1.82) is 0 Å². The number of aliphatic hydroxyl groups is 1. The largest absolute Gasteiger partial charge is 0.416 e. The van der Waals surface area contributed by atoms with Gasteiger partial charge in [0.2, 0.25) is 0 Å². The predicted octanol–water partition coefficient (Wildman–Crippen LogP) is 3.55. The lowest BCUT2D eigenvalue weighted by atomic mass is 9.76. The summed E-state index contributed by atoms with van der Waals surface area (Å²) in [5.41, 5.74) is -0.607. The van der Waals surface area contributed by atoms with E-state index >= 15 is 0 Å². The molecule has 0 atom stereocenters. The maximum atomic E-state index is 12.5. The van der Waals surface area contributed by atoms with Crippen LogP contribution in [0.2, 0.25) is 0 Å². The van der Waals surface area contributed by atoms with Crippen molar-refractivity contribution in [1.82, 2.24) is 0 Å². The minimum absolute atomic E-state index is 0.500. The minimum Gasteiger partial charge on any atom is -0.390 e. The van der Waals surface area contributed by atoms with Crippen molar-refractivity contribution in [3.63, 3.8) is 0 Å². The summed E-state index contributed by atoms with van der Waals surface area (Å²) in [5.74, 6) is 0. The quantitative estimate of drug-likeness (QED) is 0.862. The van der Waals surface area contributed by atoms with Crippen molar-refractivity contribution in [3.8, 4) is 0 Å². The summed E-state index contributed by atoms with van der Waals surface area (Å²) < 4.78 is 37.4. The summed E-state index contributed by atoms with van der Waals surface area (Å²) >= 11 is 0. The second-order valence-electron chi connectivity index (χ2n) is 4.78. The van der Waals surface area contributed by atoms with Gasteiger partial charge < -0.3 is 5.11 Å². The minimum atomic E-state index is -4.29. The highest BCUT2D eigenvalue weighted by Crippen LogP contribution is 2.36. The van der Waals surface area contributed by atoms with E-state index in [0.29, 0.717) is 18.4 Å². The van der Waals surface area contributed by atoms with E-state index in [1.165, 1.54) is 12.1 Å². The van der Waals surface area contributed by atoms with Gasteiger partial charge in [0.05, 0.1) is 11.2 Å². The van der Waals surface area contributed by atoms with E-state index in [9.17, 15) is 18.3 Å². The highest BCUT2D eigenvalue weighted by atomic mass is 19.4. The molecule has 17 heavy (non-hydrogen) atoms. The summed E-state index contributed by atoms with van der Waals surface area (Å²) in [5, 5.41) is 9.88. The SMILES string of the molecule is OC1(CCc2cccc(C(F)(F)F)c2)CCC1. The van der Waals surface area contributed by atoms with Gasteiger partial charge in [0.1, 0.15) is 0 Å². The first-order chi connectivity index (χ1) is 7.89. The smallest absolute Gasteiger partial charge is 0.390 e. The number of rotatable bonds is 3. The van der Waals surface area contributed by atoms with Crippen LogP contribution in [0.15, 0.2) is 24.3 Å². The van der Waals surface area contributed by atoms with Crippen LogP contribution in [0.1, 0.15) is 36.8 Å². The molecule has 2 rings (SSSR count). The fraction of sp³-hybridized carbons (Fsp3) is 0.538. The Labute approximate surface area is 98.3 Å². The topological polar surface area (TPSA) is 20.2 Å². The van der Waals surface area contributed by atoms with Gasteiger partial charge in [-0.25, -0.2) is 0 Å². The molecule has 1 aliphatic carbocycles. The molecule has 0 heterocycles. The van der Waals surface area contributed by atoms with E-state index < -0.39 is 17.3 Å². The molecule has 0 radical (unpaired) electrons. The molecule has 1 aromatic carbocycles. The van der Waals surface area contributed by atoms with Crippen molar-refractivity contribution in [2.24, 2.45) is 0 Å². The van der Waals surface area contributed by atoms with E-state index in [1.807, 2.05) is 0 Å². The van der Waals surface area contributed by atoms with E-state index in [-0.39, 0.29) is 0 Å². The molecule has 0 spiro atoms. The maximum Gasteiger partial charge on any atom is 0.416 e. The van der Waals surface area contributed by atoms with E-state index in [4.69, 9.17) is 0 Å².